The zero-order valence-electron chi connectivity index (χ0n) is 18.4. The van der Waals surface area contributed by atoms with E-state index in [2.05, 4.69) is 20.8 Å². The lowest BCUT2D eigenvalue weighted by Gasteiger charge is -2.29. The number of nitrogens with zero attached hydrogens (tertiary/aromatic N) is 2. The smallest absolute Gasteiger partial charge is 0.290 e. The third-order valence-corrected chi connectivity index (χ3v) is 6.81. The molecule has 33 heavy (non-hydrogen) atoms. The van der Waals surface area contributed by atoms with E-state index in [1.54, 1.807) is 30.2 Å². The molecule has 2 aliphatic rings. The summed E-state index contributed by atoms with van der Waals surface area (Å²) in [7, 11) is 1.60. The van der Waals surface area contributed by atoms with Gasteiger partial charge in [-0.2, -0.15) is 0 Å². The van der Waals surface area contributed by atoms with E-state index >= 15 is 0 Å². The summed E-state index contributed by atoms with van der Waals surface area (Å²) in [5.41, 5.74) is 1.46. The third-order valence-electron chi connectivity index (χ3n) is 6.31. The Morgan fingerprint density at radius 1 is 1.09 bits per heavy atom. The lowest BCUT2D eigenvalue weighted by Crippen LogP contribution is -2.38. The highest BCUT2D eigenvalue weighted by atomic mass is 79.9. The van der Waals surface area contributed by atoms with Gasteiger partial charge in [0.05, 0.1) is 37.3 Å². The molecule has 2 aromatic carbocycles. The summed E-state index contributed by atoms with van der Waals surface area (Å²) in [6.07, 6.45) is 0.791. The van der Waals surface area contributed by atoms with Crippen molar-refractivity contribution in [2.75, 3.05) is 46.5 Å². The molecule has 1 unspecified atom stereocenters. The lowest BCUT2D eigenvalue weighted by molar-refractivity contribution is 0.0353. The summed E-state index contributed by atoms with van der Waals surface area (Å²) in [6.45, 7) is 4.65. The van der Waals surface area contributed by atoms with Gasteiger partial charge in [0.2, 0.25) is 5.76 Å². The predicted octanol–water partition coefficient (Wildman–Crippen LogP) is 3.83. The van der Waals surface area contributed by atoms with E-state index in [1.165, 1.54) is 0 Å². The fourth-order valence-corrected chi connectivity index (χ4v) is 5.03. The van der Waals surface area contributed by atoms with Crippen molar-refractivity contribution < 1.29 is 18.7 Å². The van der Waals surface area contributed by atoms with Crippen LogP contribution < -0.4 is 10.2 Å². The molecule has 1 fully saturated rings. The average molecular weight is 513 g/mol. The summed E-state index contributed by atoms with van der Waals surface area (Å²) in [4.78, 5) is 31.2. The van der Waals surface area contributed by atoms with Crippen LogP contribution in [-0.4, -0.2) is 62.2 Å². The molecule has 0 saturated carbocycles. The molecular formula is C25H25BrN2O5. The number of ether oxygens (including phenoxy) is 2. The molecular weight excluding hydrogens is 488 g/mol. The number of hydrogen-bond donors (Lipinski definition) is 0. The minimum Gasteiger partial charge on any atom is -0.497 e. The number of morpholine rings is 1. The van der Waals surface area contributed by atoms with Gasteiger partial charge in [0, 0.05) is 30.7 Å². The number of fused-ring (bicyclic) bond motifs is 2. The monoisotopic (exact) mass is 512 g/mol. The van der Waals surface area contributed by atoms with Gasteiger partial charge in [-0.05, 0) is 42.3 Å². The highest BCUT2D eigenvalue weighted by Crippen LogP contribution is 2.39. The number of amides is 1. The van der Waals surface area contributed by atoms with Crippen molar-refractivity contribution in [3.63, 3.8) is 0 Å². The molecule has 1 aromatic heterocycles. The highest BCUT2D eigenvalue weighted by Gasteiger charge is 2.42. The van der Waals surface area contributed by atoms with Crippen LogP contribution in [0.15, 0.2) is 56.1 Å². The first-order valence-corrected chi connectivity index (χ1v) is 11.9. The van der Waals surface area contributed by atoms with Crippen molar-refractivity contribution in [2.45, 2.75) is 12.5 Å². The van der Waals surface area contributed by atoms with Gasteiger partial charge >= 0.3 is 0 Å². The molecule has 3 aromatic rings. The Labute approximate surface area is 200 Å². The number of benzene rings is 2. The van der Waals surface area contributed by atoms with E-state index in [0.717, 1.165) is 49.3 Å². The second kappa shape index (κ2) is 9.29. The Hall–Kier alpha value is -2.68. The van der Waals surface area contributed by atoms with Crippen molar-refractivity contribution in [1.82, 2.24) is 9.80 Å². The zero-order chi connectivity index (χ0) is 22.9. The van der Waals surface area contributed by atoms with E-state index in [1.807, 2.05) is 24.3 Å². The molecule has 0 bridgehead atoms. The van der Waals surface area contributed by atoms with Gasteiger partial charge in [-0.3, -0.25) is 14.5 Å². The van der Waals surface area contributed by atoms with Gasteiger partial charge in [0.25, 0.3) is 5.91 Å². The van der Waals surface area contributed by atoms with Crippen LogP contribution in [0.25, 0.3) is 11.0 Å². The van der Waals surface area contributed by atoms with Gasteiger partial charge in [0.1, 0.15) is 11.3 Å². The highest BCUT2D eigenvalue weighted by molar-refractivity contribution is 9.10. The van der Waals surface area contributed by atoms with Crippen LogP contribution in [0.4, 0.5) is 0 Å². The van der Waals surface area contributed by atoms with Gasteiger partial charge in [0.15, 0.2) is 5.43 Å². The van der Waals surface area contributed by atoms with Crippen LogP contribution >= 0.6 is 15.9 Å². The van der Waals surface area contributed by atoms with Crippen molar-refractivity contribution in [3.8, 4) is 5.75 Å². The Morgan fingerprint density at radius 2 is 1.91 bits per heavy atom. The van der Waals surface area contributed by atoms with Crippen LogP contribution in [0.1, 0.15) is 34.1 Å². The van der Waals surface area contributed by atoms with Crippen LogP contribution in [0, 0.1) is 0 Å². The number of carbonyl (C=O) groups is 1. The largest absolute Gasteiger partial charge is 0.497 e. The summed E-state index contributed by atoms with van der Waals surface area (Å²) < 4.78 is 17.6. The van der Waals surface area contributed by atoms with Gasteiger partial charge in [-0.15, -0.1) is 0 Å². The van der Waals surface area contributed by atoms with E-state index in [9.17, 15) is 9.59 Å². The van der Waals surface area contributed by atoms with Gasteiger partial charge < -0.3 is 18.8 Å². The van der Waals surface area contributed by atoms with E-state index in [0.29, 0.717) is 28.8 Å². The topological polar surface area (TPSA) is 72.2 Å². The second-order valence-electron chi connectivity index (χ2n) is 8.30. The van der Waals surface area contributed by atoms with Gasteiger partial charge in [-0.25, -0.2) is 0 Å². The van der Waals surface area contributed by atoms with Crippen molar-refractivity contribution in [2.24, 2.45) is 0 Å². The van der Waals surface area contributed by atoms with Crippen molar-refractivity contribution >= 4 is 32.8 Å². The molecule has 0 spiro atoms. The fraction of sp³-hybridized carbons (Fsp3) is 0.360. The Morgan fingerprint density at radius 3 is 2.70 bits per heavy atom. The SMILES string of the molecule is COc1cccc(C2c3c(oc4ccc(Br)cc4c3=O)C(=O)N2CCCN2CCOCC2)c1. The first kappa shape index (κ1) is 22.1. The first-order valence-electron chi connectivity index (χ1n) is 11.1. The predicted molar refractivity (Wildman–Crippen MR) is 128 cm³/mol. The van der Waals surface area contributed by atoms with Crippen molar-refractivity contribution in [3.05, 3.63) is 74.0 Å². The Kier molecular flexibility index (Phi) is 6.23. The minimum atomic E-state index is -0.521. The molecule has 1 amide bonds. The van der Waals surface area contributed by atoms with Crippen molar-refractivity contribution in [1.29, 1.82) is 0 Å². The fourth-order valence-electron chi connectivity index (χ4n) is 4.67. The van der Waals surface area contributed by atoms with E-state index in [4.69, 9.17) is 13.9 Å². The average Bonchev–Trinajstić information content (AvgIpc) is 3.12. The minimum absolute atomic E-state index is 0.133. The maximum atomic E-state index is 13.6. The number of rotatable bonds is 6. The van der Waals surface area contributed by atoms with E-state index in [-0.39, 0.29) is 17.1 Å². The molecule has 172 valence electrons. The van der Waals surface area contributed by atoms with Crippen LogP contribution in [0.5, 0.6) is 5.75 Å². The Balaban J connectivity index is 1.55. The maximum Gasteiger partial charge on any atom is 0.290 e. The van der Waals surface area contributed by atoms with Gasteiger partial charge in [-0.1, -0.05) is 28.1 Å². The molecule has 1 atom stereocenters. The molecule has 1 saturated heterocycles. The standard InChI is InChI=1S/C25H25BrN2O5/c1-31-18-5-2-4-16(14-18)22-21-23(29)19-15-17(26)6-7-20(19)33-24(21)25(30)28(22)9-3-8-27-10-12-32-13-11-27/h2,4-7,14-15,22H,3,8-13H2,1H3. The normalized spacial score (nSPS) is 18.7. The number of hydrogen-bond acceptors (Lipinski definition) is 6. The molecule has 2 aliphatic heterocycles. The molecule has 5 rings (SSSR count). The van der Waals surface area contributed by atoms with Crippen LogP contribution in [-0.2, 0) is 4.74 Å². The molecule has 0 aliphatic carbocycles. The Bertz CT molecular complexity index is 1250. The number of carbonyl (C=O) groups excluding carboxylic acids is 1. The molecule has 7 nitrogen and oxygen atoms in total. The van der Waals surface area contributed by atoms with Crippen LogP contribution in [0.3, 0.4) is 0 Å². The van der Waals surface area contributed by atoms with E-state index < -0.39 is 6.04 Å². The summed E-state index contributed by atoms with van der Waals surface area (Å²) in [5.74, 6) is 0.560. The summed E-state index contributed by atoms with van der Waals surface area (Å²) >= 11 is 3.43. The molecule has 3 heterocycles. The molecule has 0 radical (unpaired) electrons. The molecule has 8 heteroatoms. The summed E-state index contributed by atoms with van der Waals surface area (Å²) in [5, 5.41) is 0.457. The quantitative estimate of drug-likeness (QED) is 0.499. The number of halogens is 1. The number of methoxy groups -OCH3 is 1. The lowest BCUT2D eigenvalue weighted by atomic mass is 9.98. The summed E-state index contributed by atoms with van der Waals surface area (Å²) in [6, 6.07) is 12.3. The van der Waals surface area contributed by atoms with Crippen LogP contribution in [0.2, 0.25) is 0 Å². The second-order valence-corrected chi connectivity index (χ2v) is 9.22. The maximum absolute atomic E-state index is 13.6. The zero-order valence-corrected chi connectivity index (χ0v) is 20.0. The third kappa shape index (κ3) is 4.18. The first-order chi connectivity index (χ1) is 16.1. The molecule has 0 N–H and O–H groups in total.